The van der Waals surface area contributed by atoms with E-state index >= 15 is 0 Å². The molecule has 0 saturated carbocycles. The van der Waals surface area contributed by atoms with Gasteiger partial charge in [-0.2, -0.15) is 0 Å². The standard InChI is InChI=1S/C31H32N4O4S/c1-21-8-4-5-9-25(21)31(37)32-28-14-15-29(27-11-7-6-10-26(27)28)40(38,39)33-24-13-12-22-16-17-35(19-23(22)18-24)30(36)20-34(2)3/h4-15,18,33H,16-17,19-20H2,1-3H3,(H,32,37). The Labute approximate surface area is 234 Å². The average Bonchev–Trinajstić information content (AvgIpc) is 2.92. The highest BCUT2D eigenvalue weighted by Crippen LogP contribution is 2.32. The molecule has 0 saturated heterocycles. The van der Waals surface area contributed by atoms with Crippen LogP contribution in [0.25, 0.3) is 10.8 Å². The molecule has 0 aliphatic carbocycles. The van der Waals surface area contributed by atoms with Crippen LogP contribution in [0.4, 0.5) is 11.4 Å². The Kier molecular flexibility index (Phi) is 7.60. The highest BCUT2D eigenvalue weighted by molar-refractivity contribution is 7.93. The Hall–Kier alpha value is -4.21. The van der Waals surface area contributed by atoms with Crippen molar-refractivity contribution < 1.29 is 18.0 Å². The molecule has 1 aliphatic rings. The molecule has 8 nitrogen and oxygen atoms in total. The second kappa shape index (κ2) is 11.1. The lowest BCUT2D eigenvalue weighted by Gasteiger charge is -2.30. The molecule has 0 unspecified atom stereocenters. The van der Waals surface area contributed by atoms with Crippen molar-refractivity contribution in [1.82, 2.24) is 9.80 Å². The Balaban J connectivity index is 1.41. The van der Waals surface area contributed by atoms with Crippen molar-refractivity contribution in [2.45, 2.75) is 24.8 Å². The minimum Gasteiger partial charge on any atom is -0.337 e. The van der Waals surface area contributed by atoms with Crippen LogP contribution < -0.4 is 10.0 Å². The maximum absolute atomic E-state index is 13.6. The Morgan fingerprint density at radius 3 is 2.38 bits per heavy atom. The van der Waals surface area contributed by atoms with Gasteiger partial charge in [-0.05, 0) is 74.5 Å². The lowest BCUT2D eigenvalue weighted by molar-refractivity contribution is -0.132. The molecule has 1 aliphatic heterocycles. The lowest BCUT2D eigenvalue weighted by Crippen LogP contribution is -2.40. The zero-order chi connectivity index (χ0) is 28.4. The van der Waals surface area contributed by atoms with E-state index in [0.29, 0.717) is 47.3 Å². The summed E-state index contributed by atoms with van der Waals surface area (Å²) < 4.78 is 29.9. The number of benzene rings is 4. The van der Waals surface area contributed by atoms with Crippen molar-refractivity contribution in [3.63, 3.8) is 0 Å². The minimum atomic E-state index is -3.97. The van der Waals surface area contributed by atoms with Crippen LogP contribution in [-0.4, -0.2) is 57.2 Å². The number of nitrogens with one attached hydrogen (secondary N) is 2. The number of carbonyl (C=O) groups is 2. The molecular formula is C31H32N4O4S. The predicted octanol–water partition coefficient (Wildman–Crippen LogP) is 4.65. The smallest absolute Gasteiger partial charge is 0.262 e. The molecule has 4 aromatic rings. The van der Waals surface area contributed by atoms with E-state index in [9.17, 15) is 18.0 Å². The van der Waals surface area contributed by atoms with Gasteiger partial charge in [0, 0.05) is 40.8 Å². The van der Waals surface area contributed by atoms with Gasteiger partial charge in [-0.1, -0.05) is 48.5 Å². The van der Waals surface area contributed by atoms with E-state index in [2.05, 4.69) is 10.0 Å². The van der Waals surface area contributed by atoms with E-state index in [1.54, 1.807) is 53.4 Å². The van der Waals surface area contributed by atoms with Crippen molar-refractivity contribution in [2.75, 3.05) is 37.2 Å². The van der Waals surface area contributed by atoms with E-state index in [1.807, 2.05) is 50.2 Å². The van der Waals surface area contributed by atoms with Gasteiger partial charge in [0.1, 0.15) is 0 Å². The molecule has 5 rings (SSSR count). The van der Waals surface area contributed by atoms with Crippen molar-refractivity contribution in [3.05, 3.63) is 101 Å². The Morgan fingerprint density at radius 1 is 0.900 bits per heavy atom. The van der Waals surface area contributed by atoms with E-state index in [1.165, 1.54) is 6.07 Å². The number of hydrogen-bond donors (Lipinski definition) is 2. The number of fused-ring (bicyclic) bond motifs is 2. The van der Waals surface area contributed by atoms with Gasteiger partial charge in [-0.25, -0.2) is 8.42 Å². The summed E-state index contributed by atoms with van der Waals surface area (Å²) in [4.78, 5) is 29.3. The summed E-state index contributed by atoms with van der Waals surface area (Å²) >= 11 is 0. The maximum Gasteiger partial charge on any atom is 0.262 e. The fourth-order valence-electron chi connectivity index (χ4n) is 5.05. The first kappa shape index (κ1) is 27.4. The lowest BCUT2D eigenvalue weighted by atomic mass is 9.99. The normalized spacial score (nSPS) is 13.2. The molecule has 40 heavy (non-hydrogen) atoms. The number of nitrogens with zero attached hydrogens (tertiary/aromatic N) is 2. The molecule has 9 heteroatoms. The van der Waals surface area contributed by atoms with Crippen LogP contribution in [0.1, 0.15) is 27.0 Å². The fourth-order valence-corrected chi connectivity index (χ4v) is 6.31. The van der Waals surface area contributed by atoms with Gasteiger partial charge < -0.3 is 15.1 Å². The number of sulfonamides is 1. The van der Waals surface area contributed by atoms with Crippen molar-refractivity contribution in [3.8, 4) is 0 Å². The van der Waals surface area contributed by atoms with Crippen LogP contribution >= 0.6 is 0 Å². The summed E-state index contributed by atoms with van der Waals surface area (Å²) in [5.41, 5.74) is 4.40. The first-order valence-corrected chi connectivity index (χ1v) is 14.6. The Bertz CT molecular complexity index is 1720. The summed E-state index contributed by atoms with van der Waals surface area (Å²) in [6.07, 6.45) is 0.724. The third-order valence-electron chi connectivity index (χ3n) is 7.09. The summed E-state index contributed by atoms with van der Waals surface area (Å²) in [5, 5.41) is 4.05. The van der Waals surface area contributed by atoms with E-state index in [0.717, 1.165) is 23.1 Å². The molecule has 206 valence electrons. The molecule has 0 bridgehead atoms. The zero-order valence-electron chi connectivity index (χ0n) is 22.8. The third-order valence-corrected chi connectivity index (χ3v) is 8.53. The average molecular weight is 557 g/mol. The van der Waals surface area contributed by atoms with Gasteiger partial charge in [0.2, 0.25) is 5.91 Å². The monoisotopic (exact) mass is 556 g/mol. The molecule has 0 spiro atoms. The molecule has 0 fully saturated rings. The van der Waals surface area contributed by atoms with Crippen LogP contribution in [0.15, 0.2) is 83.8 Å². The largest absolute Gasteiger partial charge is 0.337 e. The number of rotatable bonds is 7. The van der Waals surface area contributed by atoms with Gasteiger partial charge in [-0.3, -0.25) is 14.3 Å². The second-order valence-electron chi connectivity index (χ2n) is 10.3. The minimum absolute atomic E-state index is 0.0442. The molecule has 1 heterocycles. The molecule has 2 amide bonds. The highest BCUT2D eigenvalue weighted by Gasteiger charge is 2.23. The van der Waals surface area contributed by atoms with Crippen LogP contribution in [0, 0.1) is 6.92 Å². The first-order chi connectivity index (χ1) is 19.1. The number of amides is 2. The van der Waals surface area contributed by atoms with Gasteiger partial charge in [0.15, 0.2) is 0 Å². The number of hydrogen-bond acceptors (Lipinski definition) is 5. The fraction of sp³-hybridized carbons (Fsp3) is 0.226. The first-order valence-electron chi connectivity index (χ1n) is 13.1. The topological polar surface area (TPSA) is 98.8 Å². The van der Waals surface area contributed by atoms with Crippen LogP contribution in [-0.2, 0) is 27.8 Å². The molecule has 4 aromatic carbocycles. The van der Waals surface area contributed by atoms with Gasteiger partial charge in [0.05, 0.1) is 11.4 Å². The predicted molar refractivity (Wildman–Crippen MR) is 158 cm³/mol. The van der Waals surface area contributed by atoms with Crippen LogP contribution in [0.3, 0.4) is 0 Å². The van der Waals surface area contributed by atoms with Crippen LogP contribution in [0.2, 0.25) is 0 Å². The van der Waals surface area contributed by atoms with Gasteiger partial charge in [-0.15, -0.1) is 0 Å². The summed E-state index contributed by atoms with van der Waals surface area (Å²) in [6, 6.07) is 23.0. The number of likely N-dealkylation sites (N-methyl/N-ethyl adjacent to an activating group) is 1. The zero-order valence-corrected chi connectivity index (χ0v) is 23.6. The highest BCUT2D eigenvalue weighted by atomic mass is 32.2. The quantitative estimate of drug-likeness (QED) is 0.345. The molecule has 0 radical (unpaired) electrons. The molecular weight excluding hydrogens is 524 g/mol. The van der Waals surface area contributed by atoms with E-state index in [4.69, 9.17) is 0 Å². The third kappa shape index (κ3) is 5.71. The number of aryl methyl sites for hydroxylation is 1. The van der Waals surface area contributed by atoms with Gasteiger partial charge in [0.25, 0.3) is 15.9 Å². The van der Waals surface area contributed by atoms with Crippen molar-refractivity contribution >= 4 is 44.0 Å². The number of anilines is 2. The molecule has 0 aromatic heterocycles. The Morgan fingerprint density at radius 2 is 1.62 bits per heavy atom. The van der Waals surface area contributed by atoms with Crippen molar-refractivity contribution in [1.29, 1.82) is 0 Å². The van der Waals surface area contributed by atoms with Crippen LogP contribution in [0.5, 0.6) is 0 Å². The summed E-state index contributed by atoms with van der Waals surface area (Å²) in [6.45, 7) is 3.28. The van der Waals surface area contributed by atoms with E-state index < -0.39 is 10.0 Å². The maximum atomic E-state index is 13.6. The summed E-state index contributed by atoms with van der Waals surface area (Å²) in [5.74, 6) is -0.216. The van der Waals surface area contributed by atoms with E-state index in [-0.39, 0.29) is 16.7 Å². The molecule has 0 atom stereocenters. The SMILES string of the molecule is Cc1ccccc1C(=O)Nc1ccc(S(=O)(=O)Nc2ccc3c(c2)CN(C(=O)CN(C)C)CC3)c2ccccc12. The van der Waals surface area contributed by atoms with Crippen molar-refractivity contribution in [2.24, 2.45) is 0 Å². The number of carbonyl (C=O) groups excluding carboxylic acids is 2. The summed E-state index contributed by atoms with van der Waals surface area (Å²) in [7, 11) is -0.250. The second-order valence-corrected chi connectivity index (χ2v) is 12.0. The molecule has 2 N–H and O–H groups in total. The van der Waals surface area contributed by atoms with Gasteiger partial charge >= 0.3 is 0 Å².